The van der Waals surface area contributed by atoms with Gasteiger partial charge >= 0.3 is 5.69 Å². The lowest BCUT2D eigenvalue weighted by Crippen LogP contribution is -2.44. The zero-order valence-electron chi connectivity index (χ0n) is 15.0. The van der Waals surface area contributed by atoms with Crippen molar-refractivity contribution in [1.29, 1.82) is 0 Å². The topological polar surface area (TPSA) is 77.1 Å². The Balaban J connectivity index is 1.89. The van der Waals surface area contributed by atoms with E-state index in [0.717, 1.165) is 37.7 Å². The van der Waals surface area contributed by atoms with E-state index in [1.54, 1.807) is 7.05 Å². The predicted octanol–water partition coefficient (Wildman–Crippen LogP) is -0.108. The number of hydrogen-bond acceptors (Lipinski definition) is 5. The first-order valence-electron chi connectivity index (χ1n) is 8.74. The summed E-state index contributed by atoms with van der Waals surface area (Å²) in [5.41, 5.74) is 1.15. The number of nitrogens with one attached hydrogen (secondary N) is 1. The van der Waals surface area contributed by atoms with Crippen LogP contribution in [-0.2, 0) is 20.6 Å². The Morgan fingerprint density at radius 3 is 2.42 bits per heavy atom. The van der Waals surface area contributed by atoms with Crippen LogP contribution < -0.4 is 21.5 Å². The Morgan fingerprint density at radius 2 is 1.73 bits per heavy atom. The number of benzene rings is 1. The van der Waals surface area contributed by atoms with Gasteiger partial charge in [-0.25, -0.2) is 4.79 Å². The van der Waals surface area contributed by atoms with E-state index in [2.05, 4.69) is 15.2 Å². The van der Waals surface area contributed by atoms with E-state index in [9.17, 15) is 9.59 Å². The number of aryl methyl sites for hydroxylation is 2. The standard InChI is InChI=1S/C18H22N6O2/c1-21-14-15(20-17(21)23-10-8-19-9-11-23)22(2)18(26)24(16(14)25)12-13-6-4-3-5-7-13/h3-7,19H,8-12H2,1-2H3. The summed E-state index contributed by atoms with van der Waals surface area (Å²) in [4.78, 5) is 32.6. The maximum atomic E-state index is 13.1. The number of fused-ring (bicyclic) bond motifs is 1. The van der Waals surface area contributed by atoms with E-state index in [4.69, 9.17) is 0 Å². The lowest BCUT2D eigenvalue weighted by Gasteiger charge is -2.28. The van der Waals surface area contributed by atoms with Crippen molar-refractivity contribution in [1.82, 2.24) is 24.0 Å². The molecule has 0 aliphatic carbocycles. The minimum absolute atomic E-state index is 0.246. The quantitative estimate of drug-likeness (QED) is 0.710. The minimum Gasteiger partial charge on any atom is -0.340 e. The second-order valence-corrected chi connectivity index (χ2v) is 6.60. The molecule has 4 rings (SSSR count). The van der Waals surface area contributed by atoms with E-state index in [1.807, 2.05) is 41.9 Å². The third kappa shape index (κ3) is 2.62. The second-order valence-electron chi connectivity index (χ2n) is 6.60. The van der Waals surface area contributed by atoms with Gasteiger partial charge < -0.3 is 14.8 Å². The highest BCUT2D eigenvalue weighted by molar-refractivity contribution is 5.74. The highest BCUT2D eigenvalue weighted by atomic mass is 16.2. The van der Waals surface area contributed by atoms with Gasteiger partial charge in [0.2, 0.25) is 5.95 Å². The van der Waals surface area contributed by atoms with E-state index >= 15 is 0 Å². The molecule has 1 fully saturated rings. The molecular weight excluding hydrogens is 332 g/mol. The van der Waals surface area contributed by atoms with Crippen LogP contribution in [0, 0.1) is 0 Å². The lowest BCUT2D eigenvalue weighted by atomic mass is 10.2. The van der Waals surface area contributed by atoms with Gasteiger partial charge in [0.25, 0.3) is 5.56 Å². The molecule has 26 heavy (non-hydrogen) atoms. The van der Waals surface area contributed by atoms with Crippen molar-refractivity contribution >= 4 is 17.1 Å². The molecule has 0 saturated carbocycles. The fourth-order valence-electron chi connectivity index (χ4n) is 3.49. The normalized spacial score (nSPS) is 14.9. The lowest BCUT2D eigenvalue weighted by molar-refractivity contribution is 0.575. The number of imidazole rings is 1. The summed E-state index contributed by atoms with van der Waals surface area (Å²) < 4.78 is 4.55. The van der Waals surface area contributed by atoms with Gasteiger partial charge in [-0.1, -0.05) is 30.3 Å². The molecule has 1 aliphatic heterocycles. The highest BCUT2D eigenvalue weighted by Gasteiger charge is 2.22. The third-order valence-electron chi connectivity index (χ3n) is 4.92. The van der Waals surface area contributed by atoms with Gasteiger partial charge in [0, 0.05) is 40.3 Å². The molecule has 8 nitrogen and oxygen atoms in total. The van der Waals surface area contributed by atoms with Gasteiger partial charge in [-0.2, -0.15) is 4.98 Å². The molecule has 0 amide bonds. The summed E-state index contributed by atoms with van der Waals surface area (Å²) in [7, 11) is 3.51. The molecule has 0 atom stereocenters. The van der Waals surface area contributed by atoms with Crippen LogP contribution in [0.1, 0.15) is 5.56 Å². The zero-order valence-corrected chi connectivity index (χ0v) is 15.0. The van der Waals surface area contributed by atoms with E-state index in [-0.39, 0.29) is 17.8 Å². The number of hydrogen-bond donors (Lipinski definition) is 1. The number of aromatic nitrogens is 4. The molecule has 1 saturated heterocycles. The second kappa shape index (κ2) is 6.45. The average Bonchev–Trinajstić information content (AvgIpc) is 3.02. The van der Waals surface area contributed by atoms with Gasteiger partial charge in [-0.05, 0) is 5.56 Å². The van der Waals surface area contributed by atoms with Crippen LogP contribution in [0.5, 0.6) is 0 Å². The van der Waals surface area contributed by atoms with Crippen molar-refractivity contribution in [2.75, 3.05) is 31.1 Å². The van der Waals surface area contributed by atoms with Gasteiger partial charge in [-0.15, -0.1) is 0 Å². The van der Waals surface area contributed by atoms with Gasteiger partial charge in [0.1, 0.15) is 0 Å². The van der Waals surface area contributed by atoms with Crippen molar-refractivity contribution in [2.24, 2.45) is 14.1 Å². The third-order valence-corrected chi connectivity index (χ3v) is 4.92. The van der Waals surface area contributed by atoms with Crippen molar-refractivity contribution in [3.63, 3.8) is 0 Å². The fourth-order valence-corrected chi connectivity index (χ4v) is 3.49. The van der Waals surface area contributed by atoms with Crippen LogP contribution in [-0.4, -0.2) is 44.9 Å². The van der Waals surface area contributed by atoms with Crippen molar-refractivity contribution in [3.05, 3.63) is 56.7 Å². The predicted molar refractivity (Wildman–Crippen MR) is 101 cm³/mol. The molecule has 3 aromatic rings. The molecule has 1 N–H and O–H groups in total. The van der Waals surface area contributed by atoms with Crippen LogP contribution in [0.4, 0.5) is 5.95 Å². The molecule has 1 aliphatic rings. The van der Waals surface area contributed by atoms with Crippen LogP contribution in [0.25, 0.3) is 11.2 Å². The summed E-state index contributed by atoms with van der Waals surface area (Å²) >= 11 is 0. The largest absolute Gasteiger partial charge is 0.340 e. The number of piperazine rings is 1. The highest BCUT2D eigenvalue weighted by Crippen LogP contribution is 2.18. The van der Waals surface area contributed by atoms with Gasteiger partial charge in [0.15, 0.2) is 11.2 Å². The first-order chi connectivity index (χ1) is 12.6. The molecule has 136 valence electrons. The molecule has 3 heterocycles. The Morgan fingerprint density at radius 1 is 1.04 bits per heavy atom. The smallest absolute Gasteiger partial charge is 0.332 e. The van der Waals surface area contributed by atoms with Crippen LogP contribution >= 0.6 is 0 Å². The molecular formula is C18H22N6O2. The fraction of sp³-hybridized carbons (Fsp3) is 0.389. The van der Waals surface area contributed by atoms with E-state index in [1.165, 1.54) is 9.13 Å². The molecule has 8 heteroatoms. The van der Waals surface area contributed by atoms with Crippen LogP contribution in [0.2, 0.25) is 0 Å². The number of anilines is 1. The van der Waals surface area contributed by atoms with E-state index < -0.39 is 0 Å². The van der Waals surface area contributed by atoms with Crippen LogP contribution in [0.15, 0.2) is 39.9 Å². The van der Waals surface area contributed by atoms with Crippen molar-refractivity contribution in [2.45, 2.75) is 6.54 Å². The Bertz CT molecular complexity index is 1060. The molecule has 1 aromatic carbocycles. The van der Waals surface area contributed by atoms with Crippen molar-refractivity contribution < 1.29 is 0 Å². The maximum absolute atomic E-state index is 13.1. The number of rotatable bonds is 3. The van der Waals surface area contributed by atoms with Crippen LogP contribution in [0.3, 0.4) is 0 Å². The maximum Gasteiger partial charge on any atom is 0.332 e. The van der Waals surface area contributed by atoms with Crippen molar-refractivity contribution in [3.8, 4) is 0 Å². The summed E-state index contributed by atoms with van der Waals surface area (Å²) in [5.74, 6) is 0.728. The average molecular weight is 354 g/mol. The van der Waals surface area contributed by atoms with Gasteiger partial charge in [0.05, 0.1) is 6.54 Å². The summed E-state index contributed by atoms with van der Waals surface area (Å²) in [6.45, 7) is 3.64. The first-order valence-corrected chi connectivity index (χ1v) is 8.74. The summed E-state index contributed by atoms with van der Waals surface area (Å²) in [6, 6.07) is 9.53. The molecule has 0 unspecified atom stereocenters. The molecule has 0 spiro atoms. The summed E-state index contributed by atoms with van der Waals surface area (Å²) in [5, 5.41) is 3.31. The number of nitrogens with zero attached hydrogens (tertiary/aromatic N) is 5. The molecule has 2 aromatic heterocycles. The monoisotopic (exact) mass is 354 g/mol. The Hall–Kier alpha value is -2.87. The first kappa shape index (κ1) is 16.6. The van der Waals surface area contributed by atoms with Gasteiger partial charge in [-0.3, -0.25) is 13.9 Å². The minimum atomic E-state index is -0.351. The molecule has 0 bridgehead atoms. The summed E-state index contributed by atoms with van der Waals surface area (Å²) in [6.07, 6.45) is 0. The Kier molecular flexibility index (Phi) is 4.12. The van der Waals surface area contributed by atoms with E-state index in [0.29, 0.717) is 11.2 Å². The Labute approximate surface area is 150 Å². The zero-order chi connectivity index (χ0) is 18.3. The molecule has 0 radical (unpaired) electrons. The SMILES string of the molecule is Cn1c(N2CCNCC2)nc2c1c(=O)n(Cc1ccccc1)c(=O)n2C.